The van der Waals surface area contributed by atoms with Crippen LogP contribution in [0.3, 0.4) is 0 Å². The second-order valence-corrected chi connectivity index (χ2v) is 14.1. The van der Waals surface area contributed by atoms with Crippen LogP contribution in [0.2, 0.25) is 0 Å². The van der Waals surface area contributed by atoms with Gasteiger partial charge in [-0.3, -0.25) is 0 Å². The molecule has 0 fully saturated rings. The summed E-state index contributed by atoms with van der Waals surface area (Å²) in [4.78, 5) is 2.20. The van der Waals surface area contributed by atoms with Gasteiger partial charge in [0.1, 0.15) is 0 Å². The summed E-state index contributed by atoms with van der Waals surface area (Å²) in [7, 11) is 0. The number of hydrogen-bond acceptors (Lipinski definition) is 1. The predicted molar refractivity (Wildman–Crippen MR) is 242 cm³/mol. The van der Waals surface area contributed by atoms with E-state index in [1.165, 1.54) is 54.4 Å². The molecule has 0 N–H and O–H groups in total. The Balaban J connectivity index is 1.10. The van der Waals surface area contributed by atoms with E-state index in [2.05, 4.69) is 224 Å². The van der Waals surface area contributed by atoms with Gasteiger partial charge < -0.3 is 4.90 Å². The number of terminal acetylenes is 1. The molecule has 264 valence electrons. The van der Waals surface area contributed by atoms with E-state index in [1.807, 2.05) is 6.07 Å². The van der Waals surface area contributed by atoms with E-state index in [4.69, 9.17) is 6.42 Å². The quantitative estimate of drug-likeness (QED) is 0.0656. The standard InChI is InChI=1S/C55H39N/c1-3-45(56(46-22-8-5-9-23-46)55-38-44-21-11-13-25-48(44)50-27-16-17-29-52(50)55)35-30-39(2)41-33-31-40(32-34-41)36-53(42-18-6-4-7-19-42)54-37-43-20-10-12-24-47(43)49-26-14-15-28-51(49)54/h1,4-38H,2H3/b39-30+,45-35+,53-36+. The van der Waals surface area contributed by atoms with Crippen LogP contribution >= 0.6 is 0 Å². The van der Waals surface area contributed by atoms with Gasteiger partial charge in [0, 0.05) is 11.1 Å². The van der Waals surface area contributed by atoms with Gasteiger partial charge in [0.25, 0.3) is 0 Å². The fraction of sp³-hybridized carbons (Fsp3) is 0.0182. The third-order valence-corrected chi connectivity index (χ3v) is 10.7. The molecular formula is C55H39N. The van der Waals surface area contributed by atoms with Crippen molar-refractivity contribution in [1.82, 2.24) is 0 Å². The zero-order valence-electron chi connectivity index (χ0n) is 31.2. The smallest absolute Gasteiger partial charge is 0.0967 e. The third-order valence-electron chi connectivity index (χ3n) is 10.7. The highest BCUT2D eigenvalue weighted by Gasteiger charge is 2.18. The Bertz CT molecular complexity index is 3010. The van der Waals surface area contributed by atoms with Crippen molar-refractivity contribution in [1.29, 1.82) is 0 Å². The van der Waals surface area contributed by atoms with E-state index in [-0.39, 0.29) is 0 Å². The maximum absolute atomic E-state index is 6.36. The van der Waals surface area contributed by atoms with E-state index < -0.39 is 0 Å². The van der Waals surface area contributed by atoms with Crippen LogP contribution in [-0.4, -0.2) is 0 Å². The molecule has 0 atom stereocenters. The van der Waals surface area contributed by atoms with Gasteiger partial charge in [-0.1, -0.05) is 182 Å². The molecule has 0 radical (unpaired) electrons. The number of benzene rings is 9. The van der Waals surface area contributed by atoms with Gasteiger partial charge in [0.05, 0.1) is 11.4 Å². The largest absolute Gasteiger partial charge is 0.303 e. The Hall–Kier alpha value is -7.40. The Labute approximate surface area is 328 Å². The van der Waals surface area contributed by atoms with Gasteiger partial charge in [-0.15, -0.1) is 6.42 Å². The topological polar surface area (TPSA) is 3.24 Å². The minimum absolute atomic E-state index is 0.755. The Morgan fingerprint density at radius 1 is 0.482 bits per heavy atom. The zero-order chi connectivity index (χ0) is 37.8. The Morgan fingerprint density at radius 2 is 1.00 bits per heavy atom. The first-order valence-electron chi connectivity index (χ1n) is 19.1. The fourth-order valence-corrected chi connectivity index (χ4v) is 7.91. The summed E-state index contributed by atoms with van der Waals surface area (Å²) in [6.45, 7) is 2.14. The first-order valence-corrected chi connectivity index (χ1v) is 19.1. The van der Waals surface area contributed by atoms with Crippen molar-refractivity contribution in [3.05, 3.63) is 234 Å². The van der Waals surface area contributed by atoms with E-state index >= 15 is 0 Å². The number of nitrogens with zero attached hydrogens (tertiary/aromatic N) is 1. The number of anilines is 2. The summed E-state index contributed by atoms with van der Waals surface area (Å²) in [5.74, 6) is 3.04. The van der Waals surface area contributed by atoms with Crippen LogP contribution < -0.4 is 4.90 Å². The lowest BCUT2D eigenvalue weighted by atomic mass is 9.89. The minimum Gasteiger partial charge on any atom is -0.303 e. The Kier molecular flexibility index (Phi) is 9.30. The van der Waals surface area contributed by atoms with Crippen LogP contribution in [0.5, 0.6) is 0 Å². The van der Waals surface area contributed by atoms with Crippen molar-refractivity contribution in [3.63, 3.8) is 0 Å². The molecule has 0 amide bonds. The summed E-state index contributed by atoms with van der Waals surface area (Å²) in [5.41, 5.74) is 9.79. The maximum atomic E-state index is 6.36. The highest BCUT2D eigenvalue weighted by Crippen LogP contribution is 2.40. The molecule has 1 heteroatoms. The highest BCUT2D eigenvalue weighted by atomic mass is 15.1. The molecule has 0 aromatic heterocycles. The molecule has 0 aliphatic heterocycles. The molecule has 9 rings (SSSR count). The van der Waals surface area contributed by atoms with Gasteiger partial charge in [0.2, 0.25) is 0 Å². The first kappa shape index (κ1) is 34.4. The van der Waals surface area contributed by atoms with Crippen LogP contribution in [0, 0.1) is 12.3 Å². The average molecular weight is 714 g/mol. The molecular weight excluding hydrogens is 675 g/mol. The monoisotopic (exact) mass is 713 g/mol. The molecule has 0 unspecified atom stereocenters. The fourth-order valence-electron chi connectivity index (χ4n) is 7.91. The lowest BCUT2D eigenvalue weighted by Crippen LogP contribution is -2.15. The van der Waals surface area contributed by atoms with Gasteiger partial charge >= 0.3 is 0 Å². The molecule has 56 heavy (non-hydrogen) atoms. The zero-order valence-corrected chi connectivity index (χ0v) is 31.2. The number of hydrogen-bond donors (Lipinski definition) is 0. The van der Waals surface area contributed by atoms with Crippen molar-refractivity contribution >= 4 is 71.7 Å². The van der Waals surface area contributed by atoms with Crippen molar-refractivity contribution in [3.8, 4) is 12.3 Å². The molecule has 0 heterocycles. The second kappa shape index (κ2) is 15.2. The lowest BCUT2D eigenvalue weighted by Gasteiger charge is -2.27. The normalized spacial score (nSPS) is 12.3. The van der Waals surface area contributed by atoms with Gasteiger partial charge in [-0.2, -0.15) is 0 Å². The molecule has 1 nitrogen and oxygen atoms in total. The van der Waals surface area contributed by atoms with Gasteiger partial charge in [-0.25, -0.2) is 0 Å². The summed E-state index contributed by atoms with van der Waals surface area (Å²) in [6.07, 6.45) is 12.9. The number of rotatable bonds is 8. The maximum Gasteiger partial charge on any atom is 0.0967 e. The molecule has 0 bridgehead atoms. The van der Waals surface area contributed by atoms with E-state index in [1.54, 1.807) is 0 Å². The van der Waals surface area contributed by atoms with Gasteiger partial charge in [-0.05, 0) is 114 Å². The van der Waals surface area contributed by atoms with Crippen LogP contribution in [0.1, 0.15) is 29.2 Å². The average Bonchev–Trinajstić information content (AvgIpc) is 3.27. The highest BCUT2D eigenvalue weighted by molar-refractivity contribution is 6.15. The number of para-hydroxylation sites is 1. The third kappa shape index (κ3) is 6.55. The Morgan fingerprint density at radius 3 is 1.64 bits per heavy atom. The summed E-state index contributed by atoms with van der Waals surface area (Å²) in [5, 5.41) is 9.75. The molecule has 9 aromatic carbocycles. The van der Waals surface area contributed by atoms with E-state index in [9.17, 15) is 0 Å². The SMILES string of the molecule is C#C/C(=C\C=C(/C)c1ccc(/C=C(\c2ccccc2)c2cc3ccccc3c3ccccc23)cc1)N(c1ccccc1)c1cc2ccccc2c2ccccc12. The molecule has 0 spiro atoms. The lowest BCUT2D eigenvalue weighted by molar-refractivity contribution is 1.24. The van der Waals surface area contributed by atoms with E-state index in [0.29, 0.717) is 0 Å². The number of fused-ring (bicyclic) bond motifs is 6. The molecule has 0 aliphatic rings. The van der Waals surface area contributed by atoms with Crippen molar-refractivity contribution in [2.75, 3.05) is 4.90 Å². The molecule has 0 aliphatic carbocycles. The molecule has 0 saturated carbocycles. The molecule has 9 aromatic rings. The van der Waals surface area contributed by atoms with Crippen LogP contribution in [-0.2, 0) is 0 Å². The molecule has 0 saturated heterocycles. The van der Waals surface area contributed by atoms with Crippen molar-refractivity contribution in [2.45, 2.75) is 6.92 Å². The van der Waals surface area contributed by atoms with Crippen LogP contribution in [0.15, 0.2) is 212 Å². The van der Waals surface area contributed by atoms with Crippen LogP contribution in [0.4, 0.5) is 11.4 Å². The second-order valence-electron chi connectivity index (χ2n) is 14.1. The summed E-state index contributed by atoms with van der Waals surface area (Å²) < 4.78 is 0. The summed E-state index contributed by atoms with van der Waals surface area (Å²) in [6, 6.07) is 69.0. The minimum atomic E-state index is 0.755. The van der Waals surface area contributed by atoms with Crippen molar-refractivity contribution in [2.24, 2.45) is 0 Å². The van der Waals surface area contributed by atoms with Gasteiger partial charge in [0.15, 0.2) is 0 Å². The van der Waals surface area contributed by atoms with E-state index in [0.717, 1.165) is 39.2 Å². The predicted octanol–water partition coefficient (Wildman–Crippen LogP) is 14.6. The van der Waals surface area contributed by atoms with Crippen molar-refractivity contribution < 1.29 is 0 Å². The number of allylic oxidation sites excluding steroid dienone is 4. The van der Waals surface area contributed by atoms with Crippen LogP contribution in [0.25, 0.3) is 60.3 Å². The summed E-state index contributed by atoms with van der Waals surface area (Å²) >= 11 is 0. The first-order chi connectivity index (χ1) is 27.7.